The average Bonchev–Trinajstić information content (AvgIpc) is 3.43. The monoisotopic (exact) mass is 431 g/mol. The van der Waals surface area contributed by atoms with Gasteiger partial charge in [0.2, 0.25) is 5.91 Å². The lowest BCUT2D eigenvalue weighted by Crippen LogP contribution is -2.44. The Balaban J connectivity index is 1.82. The molecular formula is C22H23F2N3O2S. The molecule has 30 heavy (non-hydrogen) atoms. The van der Waals surface area contributed by atoms with Crippen molar-refractivity contribution in [3.63, 3.8) is 0 Å². The van der Waals surface area contributed by atoms with Gasteiger partial charge in [-0.25, -0.2) is 13.8 Å². The number of benzene rings is 2. The van der Waals surface area contributed by atoms with Crippen LogP contribution in [0.4, 0.5) is 8.78 Å². The quantitative estimate of drug-likeness (QED) is 0.755. The van der Waals surface area contributed by atoms with E-state index in [-0.39, 0.29) is 22.4 Å². The van der Waals surface area contributed by atoms with Gasteiger partial charge in [0, 0.05) is 12.2 Å². The highest BCUT2D eigenvalue weighted by atomic mass is 32.2. The summed E-state index contributed by atoms with van der Waals surface area (Å²) in [4.78, 5) is 12.6. The highest BCUT2D eigenvalue weighted by molar-refractivity contribution is 8.15. The molecule has 158 valence electrons. The zero-order valence-corrected chi connectivity index (χ0v) is 17.2. The van der Waals surface area contributed by atoms with E-state index in [9.17, 15) is 13.6 Å². The number of hydrogen-bond donors (Lipinski definition) is 1. The second-order valence-electron chi connectivity index (χ2n) is 7.38. The van der Waals surface area contributed by atoms with Crippen LogP contribution in [0.1, 0.15) is 30.4 Å². The smallest absolute Gasteiger partial charge is 0.249 e. The van der Waals surface area contributed by atoms with Crippen LogP contribution in [0.25, 0.3) is 0 Å². The first kappa shape index (κ1) is 21.0. The molecule has 2 aromatic carbocycles. The number of nitrogens with zero attached hydrogens (tertiary/aromatic N) is 2. The van der Waals surface area contributed by atoms with E-state index < -0.39 is 16.5 Å². The van der Waals surface area contributed by atoms with E-state index in [1.807, 2.05) is 30.3 Å². The maximum atomic E-state index is 14.6. The first-order chi connectivity index (χ1) is 14.5. The van der Waals surface area contributed by atoms with Gasteiger partial charge in [-0.2, -0.15) is 5.10 Å². The zero-order chi connectivity index (χ0) is 21.1. The summed E-state index contributed by atoms with van der Waals surface area (Å²) in [7, 11) is 0. The topological polar surface area (TPSA) is 67.9 Å². The maximum absolute atomic E-state index is 14.6. The number of amides is 1. The lowest BCUT2D eigenvalue weighted by Gasteiger charge is -2.37. The van der Waals surface area contributed by atoms with Crippen LogP contribution in [-0.2, 0) is 14.4 Å². The molecule has 0 radical (unpaired) electrons. The molecule has 2 unspecified atom stereocenters. The van der Waals surface area contributed by atoms with Crippen molar-refractivity contribution in [1.29, 1.82) is 0 Å². The van der Waals surface area contributed by atoms with Gasteiger partial charge in [0.15, 0.2) is 0 Å². The molecule has 0 bridgehead atoms. The van der Waals surface area contributed by atoms with Crippen molar-refractivity contribution in [2.24, 2.45) is 16.8 Å². The summed E-state index contributed by atoms with van der Waals surface area (Å²) in [6.07, 6.45) is 1.78. The highest BCUT2D eigenvalue weighted by Gasteiger charge is 2.50. The van der Waals surface area contributed by atoms with Crippen LogP contribution in [0.15, 0.2) is 53.6 Å². The zero-order valence-electron chi connectivity index (χ0n) is 16.4. The van der Waals surface area contributed by atoms with Gasteiger partial charge in [-0.05, 0) is 49.6 Å². The van der Waals surface area contributed by atoms with Crippen molar-refractivity contribution >= 4 is 22.7 Å². The Kier molecular flexibility index (Phi) is 6.17. The van der Waals surface area contributed by atoms with Crippen LogP contribution in [0.2, 0.25) is 0 Å². The van der Waals surface area contributed by atoms with E-state index in [1.165, 1.54) is 16.8 Å². The fraction of sp³-hybridized carbons (Fsp3) is 0.364. The molecular weight excluding hydrogens is 408 g/mol. The number of rotatable bonds is 6. The van der Waals surface area contributed by atoms with Crippen molar-refractivity contribution in [3.8, 4) is 0 Å². The number of thioether (sulfide) groups is 1. The number of hydrogen-bond acceptors (Lipinski definition) is 5. The Bertz CT molecular complexity index is 951. The number of nitrogens with two attached hydrogens (primary N) is 1. The van der Waals surface area contributed by atoms with Gasteiger partial charge in [-0.1, -0.05) is 42.1 Å². The van der Waals surface area contributed by atoms with E-state index in [1.54, 1.807) is 0 Å². The minimum atomic E-state index is -0.881. The van der Waals surface area contributed by atoms with Gasteiger partial charge in [0.1, 0.15) is 21.5 Å². The van der Waals surface area contributed by atoms with Crippen LogP contribution in [0.3, 0.4) is 0 Å². The van der Waals surface area contributed by atoms with Crippen molar-refractivity contribution in [2.45, 2.75) is 24.1 Å². The molecule has 4 rings (SSSR count). The van der Waals surface area contributed by atoms with E-state index >= 15 is 0 Å². The van der Waals surface area contributed by atoms with Crippen molar-refractivity contribution < 1.29 is 18.3 Å². The molecule has 2 heterocycles. The molecule has 0 aromatic heterocycles. The number of halogens is 2. The van der Waals surface area contributed by atoms with Gasteiger partial charge in [0.25, 0.3) is 0 Å². The average molecular weight is 432 g/mol. The summed E-state index contributed by atoms with van der Waals surface area (Å²) in [5.74, 6) is -1.63. The van der Waals surface area contributed by atoms with Crippen LogP contribution in [0, 0.1) is 17.6 Å². The van der Waals surface area contributed by atoms with E-state index in [0.29, 0.717) is 39.0 Å². The van der Waals surface area contributed by atoms with Crippen LogP contribution in [0.5, 0.6) is 0 Å². The molecule has 2 aromatic rings. The molecule has 0 saturated carbocycles. The third kappa shape index (κ3) is 3.87. The number of ether oxygens (including phenoxy) is 1. The van der Waals surface area contributed by atoms with Crippen LogP contribution in [-0.4, -0.2) is 35.7 Å². The maximum Gasteiger partial charge on any atom is 0.249 e. The van der Waals surface area contributed by atoms with Crippen LogP contribution >= 0.6 is 11.8 Å². The summed E-state index contributed by atoms with van der Waals surface area (Å²) in [5.41, 5.74) is 6.71. The molecule has 2 N–H and O–H groups in total. The fourth-order valence-electron chi connectivity index (χ4n) is 3.82. The number of carbonyl (C=O) groups is 1. The first-order valence-electron chi connectivity index (χ1n) is 9.95. The number of carbonyl (C=O) groups excluding carboxylic acids is 1. The molecule has 2 aliphatic rings. The predicted molar refractivity (Wildman–Crippen MR) is 113 cm³/mol. The SMILES string of the molecule is NCCCC1(c2ccccc2)SC(c2cc(F)ccc2F)=NN1C(=O)C1CCOC1. The van der Waals surface area contributed by atoms with Crippen molar-refractivity contribution in [2.75, 3.05) is 19.8 Å². The molecule has 1 saturated heterocycles. The molecule has 2 aliphatic heterocycles. The predicted octanol–water partition coefficient (Wildman–Crippen LogP) is 3.83. The summed E-state index contributed by atoms with van der Waals surface area (Å²) < 4.78 is 33.8. The lowest BCUT2D eigenvalue weighted by molar-refractivity contribution is -0.139. The van der Waals surface area contributed by atoms with Gasteiger partial charge in [0.05, 0.1) is 12.5 Å². The molecule has 8 heteroatoms. The van der Waals surface area contributed by atoms with E-state index in [2.05, 4.69) is 5.10 Å². The van der Waals surface area contributed by atoms with E-state index in [4.69, 9.17) is 10.5 Å². The molecule has 1 amide bonds. The normalized spacial score (nSPS) is 23.6. The van der Waals surface area contributed by atoms with E-state index in [0.717, 1.165) is 23.8 Å². The van der Waals surface area contributed by atoms with Gasteiger partial charge < -0.3 is 10.5 Å². The molecule has 1 fully saturated rings. The van der Waals surface area contributed by atoms with Gasteiger partial charge in [-0.3, -0.25) is 4.79 Å². The molecule has 2 atom stereocenters. The standard InChI is InChI=1S/C22H23F2N3O2S/c23-17-7-8-19(24)18(13-17)20-26-27(21(28)15-9-12-29-14-15)22(30-20,10-4-11-25)16-5-2-1-3-6-16/h1-3,5-8,13,15H,4,9-12,14,25H2. The Hall–Kier alpha value is -2.29. The first-order valence-corrected chi connectivity index (χ1v) is 10.8. The van der Waals surface area contributed by atoms with Gasteiger partial charge >= 0.3 is 0 Å². The highest BCUT2D eigenvalue weighted by Crippen LogP contribution is 2.51. The molecule has 0 spiro atoms. The Morgan fingerprint density at radius 3 is 2.77 bits per heavy atom. The Morgan fingerprint density at radius 1 is 1.27 bits per heavy atom. The fourth-order valence-corrected chi connectivity index (χ4v) is 5.24. The minimum absolute atomic E-state index is 0.0472. The van der Waals surface area contributed by atoms with Gasteiger partial charge in [-0.15, -0.1) is 0 Å². The largest absolute Gasteiger partial charge is 0.381 e. The molecule has 5 nitrogen and oxygen atoms in total. The summed E-state index contributed by atoms with van der Waals surface area (Å²) in [6.45, 7) is 1.29. The second kappa shape index (κ2) is 8.83. The second-order valence-corrected chi connectivity index (χ2v) is 8.65. The molecule has 0 aliphatic carbocycles. The Labute approximate surface area is 178 Å². The summed E-state index contributed by atoms with van der Waals surface area (Å²) >= 11 is 1.27. The van der Waals surface area contributed by atoms with Crippen molar-refractivity contribution in [1.82, 2.24) is 5.01 Å². The lowest BCUT2D eigenvalue weighted by atomic mass is 9.98. The van der Waals surface area contributed by atoms with Crippen LogP contribution < -0.4 is 5.73 Å². The third-order valence-corrected chi connectivity index (χ3v) is 6.83. The van der Waals surface area contributed by atoms with Crippen molar-refractivity contribution in [3.05, 3.63) is 71.3 Å². The third-order valence-electron chi connectivity index (χ3n) is 5.39. The summed E-state index contributed by atoms with van der Waals surface area (Å²) in [5, 5.41) is 6.29. The Morgan fingerprint density at radius 2 is 2.07 bits per heavy atom. The minimum Gasteiger partial charge on any atom is -0.381 e. The summed E-state index contributed by atoms with van der Waals surface area (Å²) in [6, 6.07) is 12.8. The number of hydrazone groups is 1.